The van der Waals surface area contributed by atoms with Crippen LogP contribution in [0.25, 0.3) is 10.6 Å². The Morgan fingerprint density at radius 2 is 2.00 bits per heavy atom. The van der Waals surface area contributed by atoms with Gasteiger partial charge < -0.3 is 15.0 Å². The Bertz CT molecular complexity index is 1110. The number of nitrogens with zero attached hydrogens (tertiary/aromatic N) is 3. The first-order chi connectivity index (χ1) is 16.0. The quantitative estimate of drug-likeness (QED) is 0.526. The highest BCUT2D eigenvalue weighted by atomic mass is 35.5. The molecular weight excluding hydrogens is 464 g/mol. The van der Waals surface area contributed by atoms with Gasteiger partial charge in [-0.05, 0) is 43.4 Å². The fourth-order valence-corrected chi connectivity index (χ4v) is 5.79. The summed E-state index contributed by atoms with van der Waals surface area (Å²) in [5.74, 6) is -0.981. The van der Waals surface area contributed by atoms with Crippen molar-refractivity contribution in [3.05, 3.63) is 46.9 Å². The molecule has 172 valence electrons. The lowest BCUT2D eigenvalue weighted by Crippen LogP contribution is -2.46. The minimum absolute atomic E-state index is 0.0456. The number of pyridine rings is 1. The van der Waals surface area contributed by atoms with E-state index in [9.17, 15) is 14.4 Å². The molecule has 2 aliphatic heterocycles. The average Bonchev–Trinajstić information content (AvgIpc) is 3.56. The van der Waals surface area contributed by atoms with E-state index in [0.717, 1.165) is 48.2 Å². The van der Waals surface area contributed by atoms with Crippen molar-refractivity contribution in [2.45, 2.75) is 49.6 Å². The lowest BCUT2D eigenvalue weighted by molar-refractivity contribution is -0.133. The topological polar surface area (TPSA) is 101 Å². The van der Waals surface area contributed by atoms with Gasteiger partial charge in [-0.2, -0.15) is 0 Å². The summed E-state index contributed by atoms with van der Waals surface area (Å²) in [7, 11) is 0. The van der Waals surface area contributed by atoms with E-state index in [1.54, 1.807) is 12.4 Å². The average molecular weight is 487 g/mol. The maximum absolute atomic E-state index is 13.6. The molecule has 1 saturated carbocycles. The number of thiazole rings is 1. The molecule has 4 heterocycles. The van der Waals surface area contributed by atoms with E-state index in [-0.39, 0.29) is 35.5 Å². The standard InChI is InChI=1S/C23H23ClN4O4S/c24-14-11-28(19-16(29)12-32-20(14)19)23(31)18(13-6-2-1-3-7-13)27-21(30)22-26-10-17(33-22)15-8-4-5-9-25-15/h4-5,8-10,14,19-20H,1-3,6-7,11-12H2,(H,27,30)/t14-,19+,20+/m0/s1. The normalized spacial score (nSPS) is 24.6. The SMILES string of the molecule is O=C(NC(C(=O)N1C[C@H](Cl)[C@H]2OCC(=O)[C@H]21)=C1CCCCC1)c1ncc(-c2ccccn2)s1. The van der Waals surface area contributed by atoms with E-state index in [4.69, 9.17) is 16.3 Å². The third kappa shape index (κ3) is 4.32. The van der Waals surface area contributed by atoms with E-state index < -0.39 is 23.4 Å². The first kappa shape index (κ1) is 22.2. The number of rotatable bonds is 4. The number of fused-ring (bicyclic) bond motifs is 1. The van der Waals surface area contributed by atoms with Crippen LogP contribution in [0.15, 0.2) is 41.9 Å². The van der Waals surface area contributed by atoms with Crippen molar-refractivity contribution in [1.82, 2.24) is 20.2 Å². The molecule has 2 aromatic heterocycles. The van der Waals surface area contributed by atoms with Crippen LogP contribution in [-0.2, 0) is 14.3 Å². The minimum atomic E-state index is -0.702. The summed E-state index contributed by atoms with van der Waals surface area (Å²) in [4.78, 5) is 49.9. The number of hydrogen-bond acceptors (Lipinski definition) is 7. The Kier molecular flexibility index (Phi) is 6.27. The molecule has 3 atom stereocenters. The van der Waals surface area contributed by atoms with Crippen molar-refractivity contribution in [2.24, 2.45) is 0 Å². The summed E-state index contributed by atoms with van der Waals surface area (Å²) in [6.45, 7) is 0.158. The van der Waals surface area contributed by atoms with Crippen LogP contribution in [0.4, 0.5) is 0 Å². The summed E-state index contributed by atoms with van der Waals surface area (Å²) in [6.07, 6.45) is 7.24. The number of ether oxygens (including phenoxy) is 1. The van der Waals surface area contributed by atoms with Crippen LogP contribution in [0.5, 0.6) is 0 Å². The molecule has 0 spiro atoms. The molecule has 8 nitrogen and oxygen atoms in total. The van der Waals surface area contributed by atoms with Gasteiger partial charge in [0.25, 0.3) is 11.8 Å². The minimum Gasteiger partial charge on any atom is -0.366 e. The van der Waals surface area contributed by atoms with Crippen LogP contribution in [0.1, 0.15) is 41.9 Å². The van der Waals surface area contributed by atoms with Gasteiger partial charge in [-0.15, -0.1) is 22.9 Å². The molecule has 10 heteroatoms. The van der Waals surface area contributed by atoms with E-state index in [0.29, 0.717) is 0 Å². The summed E-state index contributed by atoms with van der Waals surface area (Å²) in [5, 5.41) is 2.62. The molecule has 3 fully saturated rings. The lowest BCUT2D eigenvalue weighted by Gasteiger charge is -2.26. The first-order valence-electron chi connectivity index (χ1n) is 11.0. The van der Waals surface area contributed by atoms with Crippen LogP contribution in [-0.4, -0.2) is 63.1 Å². The van der Waals surface area contributed by atoms with Crippen molar-refractivity contribution < 1.29 is 19.1 Å². The van der Waals surface area contributed by atoms with Gasteiger partial charge in [0.15, 0.2) is 10.8 Å². The molecule has 0 radical (unpaired) electrons. The molecule has 0 unspecified atom stereocenters. The van der Waals surface area contributed by atoms with Crippen LogP contribution in [0, 0.1) is 0 Å². The van der Waals surface area contributed by atoms with Crippen LogP contribution in [0.3, 0.4) is 0 Å². The van der Waals surface area contributed by atoms with Gasteiger partial charge in [-0.3, -0.25) is 19.4 Å². The largest absolute Gasteiger partial charge is 0.366 e. The van der Waals surface area contributed by atoms with Gasteiger partial charge in [0, 0.05) is 18.9 Å². The smallest absolute Gasteiger partial charge is 0.284 e. The third-order valence-electron chi connectivity index (χ3n) is 6.26. The third-order valence-corrected chi connectivity index (χ3v) is 7.67. The van der Waals surface area contributed by atoms with E-state index in [2.05, 4.69) is 15.3 Å². The first-order valence-corrected chi connectivity index (χ1v) is 12.3. The van der Waals surface area contributed by atoms with Crippen molar-refractivity contribution in [3.8, 4) is 10.6 Å². The molecule has 3 aliphatic rings. The molecule has 33 heavy (non-hydrogen) atoms. The highest BCUT2D eigenvalue weighted by Crippen LogP contribution is 2.33. The van der Waals surface area contributed by atoms with Gasteiger partial charge in [-0.25, -0.2) is 4.98 Å². The molecule has 5 rings (SSSR count). The van der Waals surface area contributed by atoms with Gasteiger partial charge >= 0.3 is 0 Å². The summed E-state index contributed by atoms with van der Waals surface area (Å²) in [5.41, 5.74) is 1.88. The number of halogens is 1. The Morgan fingerprint density at radius 1 is 1.18 bits per heavy atom. The van der Waals surface area contributed by atoms with E-state index in [1.807, 2.05) is 18.2 Å². The summed E-state index contributed by atoms with van der Waals surface area (Å²) < 4.78 is 5.51. The number of ketones is 1. The van der Waals surface area contributed by atoms with Gasteiger partial charge in [-0.1, -0.05) is 12.5 Å². The second-order valence-electron chi connectivity index (χ2n) is 8.40. The molecule has 1 N–H and O–H groups in total. The number of likely N-dealkylation sites (tertiary alicyclic amines) is 1. The highest BCUT2D eigenvalue weighted by Gasteiger charge is 2.52. The zero-order chi connectivity index (χ0) is 22.9. The summed E-state index contributed by atoms with van der Waals surface area (Å²) >= 11 is 7.60. The number of carbonyl (C=O) groups is 3. The number of amides is 2. The summed E-state index contributed by atoms with van der Waals surface area (Å²) in [6, 6.07) is 4.84. The fraction of sp³-hybridized carbons (Fsp3) is 0.435. The van der Waals surface area contributed by atoms with Gasteiger partial charge in [0.05, 0.1) is 15.9 Å². The Hall–Kier alpha value is -2.62. The molecule has 0 bridgehead atoms. The molecule has 2 aromatic rings. The number of carbonyl (C=O) groups excluding carboxylic acids is 3. The maximum atomic E-state index is 13.6. The Labute approximate surface area is 200 Å². The number of alkyl halides is 1. The highest BCUT2D eigenvalue weighted by molar-refractivity contribution is 7.16. The molecule has 0 aromatic carbocycles. The predicted molar refractivity (Wildman–Crippen MR) is 123 cm³/mol. The maximum Gasteiger partial charge on any atom is 0.284 e. The van der Waals surface area contributed by atoms with Gasteiger partial charge in [0.1, 0.15) is 24.4 Å². The van der Waals surface area contributed by atoms with E-state index in [1.165, 1.54) is 16.2 Å². The van der Waals surface area contributed by atoms with Crippen molar-refractivity contribution >= 4 is 40.5 Å². The predicted octanol–water partition coefficient (Wildman–Crippen LogP) is 2.94. The van der Waals surface area contributed by atoms with Crippen LogP contribution >= 0.6 is 22.9 Å². The zero-order valence-electron chi connectivity index (χ0n) is 17.8. The number of Topliss-reactive ketones (excluding diaryl/α,β-unsaturated/α-hetero) is 1. The molecular formula is C23H23ClN4O4S. The molecule has 1 aliphatic carbocycles. The Balaban J connectivity index is 1.41. The van der Waals surface area contributed by atoms with Crippen molar-refractivity contribution in [2.75, 3.05) is 13.2 Å². The monoisotopic (exact) mass is 486 g/mol. The molecule has 2 saturated heterocycles. The number of aromatic nitrogens is 2. The fourth-order valence-electron chi connectivity index (χ4n) is 4.64. The number of nitrogens with one attached hydrogen (secondary N) is 1. The van der Waals surface area contributed by atoms with Crippen LogP contribution < -0.4 is 5.32 Å². The second kappa shape index (κ2) is 9.32. The Morgan fingerprint density at radius 3 is 2.76 bits per heavy atom. The lowest BCUT2D eigenvalue weighted by atomic mass is 9.92. The zero-order valence-corrected chi connectivity index (χ0v) is 19.4. The number of allylic oxidation sites excluding steroid dienone is 1. The van der Waals surface area contributed by atoms with Crippen LogP contribution in [0.2, 0.25) is 0 Å². The van der Waals surface area contributed by atoms with Crippen molar-refractivity contribution in [1.29, 1.82) is 0 Å². The number of hydrogen-bond donors (Lipinski definition) is 1. The molecule has 2 amide bonds. The second-order valence-corrected chi connectivity index (χ2v) is 9.99. The van der Waals surface area contributed by atoms with Crippen molar-refractivity contribution in [3.63, 3.8) is 0 Å². The van der Waals surface area contributed by atoms with Gasteiger partial charge in [0.2, 0.25) is 0 Å². The van der Waals surface area contributed by atoms with E-state index >= 15 is 0 Å².